The van der Waals surface area contributed by atoms with Gasteiger partial charge in [0.1, 0.15) is 11.6 Å². The fraction of sp³-hybridized carbons (Fsp3) is 0.462. The number of carbonyl (C=O) groups excluding carboxylic acids is 1. The van der Waals surface area contributed by atoms with E-state index >= 15 is 0 Å². The largest absolute Gasteiger partial charge is 0.395 e. The van der Waals surface area contributed by atoms with Crippen LogP contribution in [0.4, 0.5) is 19.3 Å². The van der Waals surface area contributed by atoms with Crippen molar-refractivity contribution in [2.75, 3.05) is 18.5 Å². The molecule has 19 heavy (non-hydrogen) atoms. The molecule has 0 radical (unpaired) electrons. The van der Waals surface area contributed by atoms with Crippen LogP contribution in [0, 0.1) is 11.6 Å². The molecule has 2 N–H and O–H groups in total. The number of hydrogen-bond donors (Lipinski definition) is 2. The van der Waals surface area contributed by atoms with Gasteiger partial charge < -0.3 is 15.3 Å². The minimum atomic E-state index is -0.814. The Morgan fingerprint density at radius 2 is 2.16 bits per heavy atom. The molecule has 1 aliphatic carbocycles. The van der Waals surface area contributed by atoms with Gasteiger partial charge in [-0.15, -0.1) is 0 Å². The minimum Gasteiger partial charge on any atom is -0.395 e. The van der Waals surface area contributed by atoms with Crippen molar-refractivity contribution in [2.45, 2.75) is 25.3 Å². The van der Waals surface area contributed by atoms with Crippen molar-refractivity contribution >= 4 is 11.7 Å². The van der Waals surface area contributed by atoms with Crippen LogP contribution in [0.3, 0.4) is 0 Å². The normalized spacial score (nSPS) is 14.9. The minimum absolute atomic E-state index is 0.0614. The van der Waals surface area contributed by atoms with E-state index in [0.29, 0.717) is 0 Å². The van der Waals surface area contributed by atoms with Gasteiger partial charge in [-0.25, -0.2) is 13.6 Å². The van der Waals surface area contributed by atoms with Gasteiger partial charge in [0.05, 0.1) is 12.3 Å². The summed E-state index contributed by atoms with van der Waals surface area (Å²) in [4.78, 5) is 13.5. The van der Waals surface area contributed by atoms with Crippen molar-refractivity contribution in [2.24, 2.45) is 0 Å². The Morgan fingerprint density at radius 1 is 1.42 bits per heavy atom. The molecule has 0 aliphatic heterocycles. The molecule has 1 aliphatic rings. The molecule has 6 heteroatoms. The van der Waals surface area contributed by atoms with Gasteiger partial charge in [0, 0.05) is 18.7 Å². The zero-order valence-corrected chi connectivity index (χ0v) is 10.4. The molecule has 0 aromatic heterocycles. The number of halogens is 2. The van der Waals surface area contributed by atoms with Gasteiger partial charge in [0.2, 0.25) is 0 Å². The van der Waals surface area contributed by atoms with E-state index < -0.39 is 17.7 Å². The number of urea groups is 1. The van der Waals surface area contributed by atoms with E-state index in [2.05, 4.69) is 5.32 Å². The monoisotopic (exact) mass is 270 g/mol. The SMILES string of the molecule is O=C(Nc1ccc(F)cc1F)N(CCO)C1CCC1. The second-order valence-corrected chi connectivity index (χ2v) is 4.56. The van der Waals surface area contributed by atoms with Gasteiger partial charge >= 0.3 is 6.03 Å². The third-order valence-electron chi connectivity index (χ3n) is 3.29. The maximum absolute atomic E-state index is 13.4. The molecule has 1 aromatic carbocycles. The molecule has 1 aromatic rings. The van der Waals surface area contributed by atoms with Crippen molar-refractivity contribution < 1.29 is 18.7 Å². The summed E-state index contributed by atoms with van der Waals surface area (Å²) in [6.45, 7) is 0.0646. The molecular formula is C13H16F2N2O2. The van der Waals surface area contributed by atoms with Gasteiger partial charge in [0.25, 0.3) is 0 Å². The molecule has 1 fully saturated rings. The first-order chi connectivity index (χ1) is 9.11. The summed E-state index contributed by atoms with van der Waals surface area (Å²) >= 11 is 0. The number of anilines is 1. The molecule has 0 bridgehead atoms. The quantitative estimate of drug-likeness (QED) is 0.882. The molecule has 2 rings (SSSR count). The average molecular weight is 270 g/mol. The predicted octanol–water partition coefficient (Wildman–Crippen LogP) is 2.34. The molecule has 0 atom stereocenters. The Bertz CT molecular complexity index is 464. The number of amides is 2. The summed E-state index contributed by atoms with van der Waals surface area (Å²) < 4.78 is 26.2. The number of nitrogens with one attached hydrogen (secondary N) is 1. The molecule has 0 unspecified atom stereocenters. The van der Waals surface area contributed by atoms with Crippen LogP contribution in [-0.2, 0) is 0 Å². The molecule has 4 nitrogen and oxygen atoms in total. The third kappa shape index (κ3) is 3.20. The fourth-order valence-corrected chi connectivity index (χ4v) is 2.03. The van der Waals surface area contributed by atoms with E-state index in [9.17, 15) is 13.6 Å². The van der Waals surface area contributed by atoms with E-state index in [4.69, 9.17) is 5.11 Å². The Hall–Kier alpha value is -1.69. The van der Waals surface area contributed by atoms with Crippen LogP contribution in [0.25, 0.3) is 0 Å². The number of benzene rings is 1. The lowest BCUT2D eigenvalue weighted by Gasteiger charge is -2.37. The van der Waals surface area contributed by atoms with E-state index in [0.717, 1.165) is 31.4 Å². The zero-order valence-electron chi connectivity index (χ0n) is 10.4. The van der Waals surface area contributed by atoms with Crippen molar-refractivity contribution in [1.29, 1.82) is 0 Å². The van der Waals surface area contributed by atoms with E-state index in [1.54, 1.807) is 0 Å². The molecule has 104 valence electrons. The summed E-state index contributed by atoms with van der Waals surface area (Å²) in [6, 6.07) is 2.61. The number of carbonyl (C=O) groups is 1. The molecular weight excluding hydrogens is 254 g/mol. The van der Waals surface area contributed by atoms with Gasteiger partial charge in [-0.2, -0.15) is 0 Å². The van der Waals surface area contributed by atoms with Crippen LogP contribution in [0.15, 0.2) is 18.2 Å². The molecule has 2 amide bonds. The third-order valence-corrected chi connectivity index (χ3v) is 3.29. The summed E-state index contributed by atoms with van der Waals surface area (Å²) in [6.07, 6.45) is 2.82. The number of nitrogens with zero attached hydrogens (tertiary/aromatic N) is 1. The lowest BCUT2D eigenvalue weighted by molar-refractivity contribution is 0.127. The average Bonchev–Trinajstić information content (AvgIpc) is 2.30. The summed E-state index contributed by atoms with van der Waals surface area (Å²) in [5.74, 6) is -1.51. The summed E-state index contributed by atoms with van der Waals surface area (Å²) in [5.41, 5.74) is -0.0614. The second kappa shape index (κ2) is 5.97. The lowest BCUT2D eigenvalue weighted by atomic mass is 9.92. The molecule has 0 saturated heterocycles. The smallest absolute Gasteiger partial charge is 0.322 e. The number of rotatable bonds is 4. The van der Waals surface area contributed by atoms with Crippen LogP contribution >= 0.6 is 0 Å². The van der Waals surface area contributed by atoms with Crippen LogP contribution < -0.4 is 5.32 Å². The van der Waals surface area contributed by atoms with Crippen molar-refractivity contribution in [1.82, 2.24) is 4.90 Å². The van der Waals surface area contributed by atoms with Crippen molar-refractivity contribution in [3.05, 3.63) is 29.8 Å². The molecule has 1 saturated carbocycles. The molecule has 0 spiro atoms. The Balaban J connectivity index is 2.05. The van der Waals surface area contributed by atoms with Crippen LogP contribution in [0.2, 0.25) is 0 Å². The number of aliphatic hydroxyl groups is 1. The van der Waals surface area contributed by atoms with E-state index in [1.807, 2.05) is 0 Å². The summed E-state index contributed by atoms with van der Waals surface area (Å²) in [7, 11) is 0. The Morgan fingerprint density at radius 3 is 2.68 bits per heavy atom. The Labute approximate surface area is 110 Å². The van der Waals surface area contributed by atoms with Gasteiger partial charge in [-0.1, -0.05) is 0 Å². The maximum atomic E-state index is 13.4. The maximum Gasteiger partial charge on any atom is 0.322 e. The van der Waals surface area contributed by atoms with Crippen molar-refractivity contribution in [3.8, 4) is 0 Å². The highest BCUT2D eigenvalue weighted by Gasteiger charge is 2.28. The zero-order chi connectivity index (χ0) is 13.8. The summed E-state index contributed by atoms with van der Waals surface area (Å²) in [5, 5.41) is 11.4. The highest BCUT2D eigenvalue weighted by atomic mass is 19.1. The first-order valence-electron chi connectivity index (χ1n) is 6.25. The highest BCUT2D eigenvalue weighted by Crippen LogP contribution is 2.25. The van der Waals surface area contributed by atoms with Gasteiger partial charge in [0.15, 0.2) is 0 Å². The van der Waals surface area contributed by atoms with E-state index in [1.165, 1.54) is 11.0 Å². The van der Waals surface area contributed by atoms with E-state index in [-0.39, 0.29) is 24.9 Å². The van der Waals surface area contributed by atoms with Gasteiger partial charge in [-0.05, 0) is 31.4 Å². The second-order valence-electron chi connectivity index (χ2n) is 4.56. The lowest BCUT2D eigenvalue weighted by Crippen LogP contribution is -2.47. The number of hydrogen-bond acceptors (Lipinski definition) is 2. The van der Waals surface area contributed by atoms with Gasteiger partial charge in [-0.3, -0.25) is 0 Å². The topological polar surface area (TPSA) is 52.6 Å². The first-order valence-corrected chi connectivity index (χ1v) is 6.25. The molecule has 0 heterocycles. The number of aliphatic hydroxyl groups excluding tert-OH is 1. The Kier molecular flexibility index (Phi) is 4.31. The highest BCUT2D eigenvalue weighted by molar-refractivity contribution is 5.89. The van der Waals surface area contributed by atoms with Crippen molar-refractivity contribution in [3.63, 3.8) is 0 Å². The van der Waals surface area contributed by atoms with Crippen LogP contribution in [0.1, 0.15) is 19.3 Å². The standard InChI is InChI=1S/C13H16F2N2O2/c14-9-4-5-12(11(15)8-9)16-13(19)17(6-7-18)10-2-1-3-10/h4-5,8,10,18H,1-3,6-7H2,(H,16,19). The fourth-order valence-electron chi connectivity index (χ4n) is 2.03. The first kappa shape index (κ1) is 13.7. The predicted molar refractivity (Wildman–Crippen MR) is 66.8 cm³/mol. The van der Waals surface area contributed by atoms with Crippen LogP contribution in [-0.4, -0.2) is 35.2 Å². The van der Waals surface area contributed by atoms with Crippen LogP contribution in [0.5, 0.6) is 0 Å².